The lowest BCUT2D eigenvalue weighted by Crippen LogP contribution is -1.86. The van der Waals surface area contributed by atoms with Crippen molar-refractivity contribution in [3.8, 4) is 0 Å². The largest absolute Gasteiger partial charge is 0.295 e. The van der Waals surface area contributed by atoms with E-state index in [4.69, 9.17) is 0 Å². The Morgan fingerprint density at radius 3 is 1.52 bits per heavy atom. The molecule has 0 aromatic rings. The molecule has 0 N–H and O–H groups in total. The molecule has 0 rings (SSSR count). The maximum Gasteiger partial charge on any atom is 0.155 e. The van der Waals surface area contributed by atoms with Gasteiger partial charge in [-0.2, -0.15) is 0 Å². The van der Waals surface area contributed by atoms with Crippen LogP contribution in [0, 0.1) is 0 Å². The Kier molecular flexibility index (Phi) is 17.0. The van der Waals surface area contributed by atoms with Crippen LogP contribution in [0.5, 0.6) is 0 Å². The molecular weight excluding hydrogens is 256 g/mol. The second-order valence-corrected chi connectivity index (χ2v) is 6.25. The molecule has 0 atom stereocenters. The summed E-state index contributed by atoms with van der Waals surface area (Å²) >= 11 is 0. The van der Waals surface area contributed by atoms with Crippen molar-refractivity contribution >= 4 is 5.78 Å². The predicted molar refractivity (Wildman–Crippen MR) is 94.8 cm³/mol. The van der Waals surface area contributed by atoms with Crippen LogP contribution < -0.4 is 0 Å². The van der Waals surface area contributed by atoms with Gasteiger partial charge in [0.25, 0.3) is 0 Å². The van der Waals surface area contributed by atoms with Gasteiger partial charge >= 0.3 is 0 Å². The molecule has 0 aliphatic rings. The Balaban J connectivity index is 3.06. The maximum absolute atomic E-state index is 11.1. The lowest BCUT2D eigenvalue weighted by atomic mass is 10.0. The average molecular weight is 295 g/mol. The van der Waals surface area contributed by atoms with E-state index in [1.807, 2.05) is 13.0 Å². The van der Waals surface area contributed by atoms with E-state index >= 15 is 0 Å². The summed E-state index contributed by atoms with van der Waals surface area (Å²) < 4.78 is 0. The first-order valence-corrected chi connectivity index (χ1v) is 9.50. The van der Waals surface area contributed by atoms with Crippen molar-refractivity contribution in [2.45, 2.75) is 110 Å². The Bertz CT molecular complexity index is 242. The first-order valence-electron chi connectivity index (χ1n) is 9.50. The fraction of sp³-hybridized carbons (Fsp3) is 0.850. The smallest absolute Gasteiger partial charge is 0.155 e. The van der Waals surface area contributed by atoms with Crippen molar-refractivity contribution in [3.05, 3.63) is 12.2 Å². The van der Waals surface area contributed by atoms with Crippen molar-refractivity contribution in [1.82, 2.24) is 0 Å². The third-order valence-electron chi connectivity index (χ3n) is 4.13. The van der Waals surface area contributed by atoms with Gasteiger partial charge in [-0.25, -0.2) is 0 Å². The lowest BCUT2D eigenvalue weighted by molar-refractivity contribution is -0.114. The molecule has 1 nitrogen and oxygen atoms in total. The van der Waals surface area contributed by atoms with Gasteiger partial charge in [-0.3, -0.25) is 4.79 Å². The lowest BCUT2D eigenvalue weighted by Gasteiger charge is -2.02. The molecule has 0 aromatic heterocycles. The molecule has 0 amide bonds. The molecule has 0 aliphatic heterocycles. The van der Waals surface area contributed by atoms with Crippen molar-refractivity contribution in [1.29, 1.82) is 0 Å². The van der Waals surface area contributed by atoms with E-state index in [1.54, 1.807) is 6.08 Å². The van der Waals surface area contributed by atoms with Crippen LogP contribution in [0.25, 0.3) is 0 Å². The Labute approximate surface area is 133 Å². The zero-order chi connectivity index (χ0) is 15.6. The van der Waals surface area contributed by atoms with Gasteiger partial charge in [0, 0.05) is 6.42 Å². The van der Waals surface area contributed by atoms with Gasteiger partial charge in [0.15, 0.2) is 5.78 Å². The van der Waals surface area contributed by atoms with E-state index in [9.17, 15) is 4.79 Å². The standard InChI is InChI=1S/C20H38O/c1-3-5-6-7-8-9-10-11-12-13-14-15-16-17-18-19-20(21)4-2/h18-19H,3-17H2,1-2H3. The molecule has 0 saturated heterocycles. The van der Waals surface area contributed by atoms with Gasteiger partial charge in [0.2, 0.25) is 0 Å². The zero-order valence-electron chi connectivity index (χ0n) is 14.7. The van der Waals surface area contributed by atoms with Crippen LogP contribution >= 0.6 is 0 Å². The van der Waals surface area contributed by atoms with Crippen LogP contribution in [-0.2, 0) is 4.79 Å². The van der Waals surface area contributed by atoms with Crippen molar-refractivity contribution in [2.75, 3.05) is 0 Å². The van der Waals surface area contributed by atoms with Crippen LogP contribution in [0.1, 0.15) is 110 Å². The molecular formula is C20H38O. The topological polar surface area (TPSA) is 17.1 Å². The number of unbranched alkanes of at least 4 members (excludes halogenated alkanes) is 13. The van der Waals surface area contributed by atoms with E-state index in [0.29, 0.717) is 6.42 Å². The number of allylic oxidation sites excluding steroid dienone is 2. The first kappa shape index (κ1) is 20.4. The number of hydrogen-bond acceptors (Lipinski definition) is 1. The maximum atomic E-state index is 11.1. The summed E-state index contributed by atoms with van der Waals surface area (Å²) in [7, 11) is 0. The van der Waals surface area contributed by atoms with Crippen molar-refractivity contribution < 1.29 is 4.79 Å². The molecule has 0 saturated carbocycles. The van der Waals surface area contributed by atoms with Gasteiger partial charge in [-0.15, -0.1) is 0 Å². The normalized spacial score (nSPS) is 11.3. The minimum atomic E-state index is 0.254. The number of hydrogen-bond donors (Lipinski definition) is 0. The van der Waals surface area contributed by atoms with E-state index in [-0.39, 0.29) is 5.78 Å². The average Bonchev–Trinajstić information content (AvgIpc) is 2.50. The fourth-order valence-corrected chi connectivity index (χ4v) is 2.61. The predicted octanol–water partition coefficient (Wildman–Crippen LogP) is 7.00. The summed E-state index contributed by atoms with van der Waals surface area (Å²) in [5.74, 6) is 0.254. The van der Waals surface area contributed by atoms with Crippen LogP contribution in [0.4, 0.5) is 0 Å². The van der Waals surface area contributed by atoms with E-state index in [1.165, 1.54) is 83.5 Å². The highest BCUT2D eigenvalue weighted by molar-refractivity contribution is 5.89. The molecule has 0 spiro atoms. The Morgan fingerprint density at radius 2 is 1.10 bits per heavy atom. The van der Waals surface area contributed by atoms with Crippen molar-refractivity contribution in [2.24, 2.45) is 0 Å². The number of rotatable bonds is 16. The molecule has 1 heteroatoms. The molecule has 0 aliphatic carbocycles. The van der Waals surface area contributed by atoms with Crippen LogP contribution in [0.15, 0.2) is 12.2 Å². The van der Waals surface area contributed by atoms with Crippen LogP contribution in [-0.4, -0.2) is 5.78 Å². The fourth-order valence-electron chi connectivity index (χ4n) is 2.61. The van der Waals surface area contributed by atoms with Gasteiger partial charge < -0.3 is 0 Å². The van der Waals surface area contributed by atoms with E-state index in [2.05, 4.69) is 6.92 Å². The summed E-state index contributed by atoms with van der Waals surface area (Å²) in [5.41, 5.74) is 0. The van der Waals surface area contributed by atoms with E-state index < -0.39 is 0 Å². The van der Waals surface area contributed by atoms with Crippen LogP contribution in [0.2, 0.25) is 0 Å². The minimum Gasteiger partial charge on any atom is -0.295 e. The van der Waals surface area contributed by atoms with Gasteiger partial charge in [-0.1, -0.05) is 97.0 Å². The number of ketones is 1. The monoisotopic (exact) mass is 294 g/mol. The number of carbonyl (C=O) groups is 1. The molecule has 21 heavy (non-hydrogen) atoms. The van der Waals surface area contributed by atoms with Gasteiger partial charge in [0.1, 0.15) is 0 Å². The second kappa shape index (κ2) is 17.5. The SMILES string of the molecule is CCCCCCCCCCCCCCCC=CC(=O)CC. The first-order chi connectivity index (χ1) is 10.3. The summed E-state index contributed by atoms with van der Waals surface area (Å²) in [4.78, 5) is 11.1. The molecule has 0 radical (unpaired) electrons. The third kappa shape index (κ3) is 17.4. The highest BCUT2D eigenvalue weighted by atomic mass is 16.1. The second-order valence-electron chi connectivity index (χ2n) is 6.25. The Hall–Kier alpha value is -0.590. The molecule has 0 fully saturated rings. The molecule has 0 bridgehead atoms. The number of carbonyl (C=O) groups excluding carboxylic acids is 1. The molecule has 124 valence electrons. The van der Waals surface area contributed by atoms with Gasteiger partial charge in [0.05, 0.1) is 0 Å². The summed E-state index contributed by atoms with van der Waals surface area (Å²) in [6, 6.07) is 0. The molecule has 0 aromatic carbocycles. The minimum absolute atomic E-state index is 0.254. The molecule has 0 unspecified atom stereocenters. The summed E-state index contributed by atoms with van der Waals surface area (Å²) in [6.45, 7) is 4.19. The quantitative estimate of drug-likeness (QED) is 0.221. The third-order valence-corrected chi connectivity index (χ3v) is 4.13. The van der Waals surface area contributed by atoms with E-state index in [0.717, 1.165) is 6.42 Å². The summed E-state index contributed by atoms with van der Waals surface area (Å²) in [6.07, 6.45) is 23.7. The van der Waals surface area contributed by atoms with Gasteiger partial charge in [-0.05, 0) is 18.9 Å². The highest BCUT2D eigenvalue weighted by Crippen LogP contribution is 2.12. The van der Waals surface area contributed by atoms with Crippen LogP contribution in [0.3, 0.4) is 0 Å². The highest BCUT2D eigenvalue weighted by Gasteiger charge is 1.93. The Morgan fingerprint density at radius 1 is 0.667 bits per heavy atom. The zero-order valence-corrected chi connectivity index (χ0v) is 14.7. The summed E-state index contributed by atoms with van der Waals surface area (Å²) in [5, 5.41) is 0. The molecule has 0 heterocycles. The van der Waals surface area contributed by atoms with Crippen molar-refractivity contribution in [3.63, 3.8) is 0 Å².